The average molecular weight is 227 g/mol. The zero-order chi connectivity index (χ0) is 11.8. The third kappa shape index (κ3) is 4.06. The molecule has 0 aromatic carbocycles. The number of rotatable bonds is 7. The second-order valence-corrected chi connectivity index (χ2v) is 5.09. The van der Waals surface area contributed by atoms with Crippen molar-refractivity contribution in [2.24, 2.45) is 11.8 Å². The predicted octanol–water partition coefficient (Wildman–Crippen LogP) is 3.22. The lowest BCUT2D eigenvalue weighted by Crippen LogP contribution is -2.42. The first-order valence-electron chi connectivity index (χ1n) is 7.08. The lowest BCUT2D eigenvalue weighted by Gasteiger charge is -2.36. The van der Waals surface area contributed by atoms with Gasteiger partial charge >= 0.3 is 0 Å². The van der Waals surface area contributed by atoms with Crippen LogP contribution in [0.3, 0.4) is 0 Å². The van der Waals surface area contributed by atoms with Gasteiger partial charge in [-0.2, -0.15) is 0 Å². The topological polar surface area (TPSA) is 21.3 Å². The van der Waals surface area contributed by atoms with E-state index < -0.39 is 0 Å². The molecule has 0 aromatic rings. The van der Waals surface area contributed by atoms with Crippen molar-refractivity contribution in [2.45, 2.75) is 58.4 Å². The Bertz CT molecular complexity index is 172. The molecule has 96 valence electrons. The van der Waals surface area contributed by atoms with Gasteiger partial charge in [0.15, 0.2) is 0 Å². The minimum atomic E-state index is 0.566. The van der Waals surface area contributed by atoms with Gasteiger partial charge in [-0.1, -0.05) is 39.5 Å². The Morgan fingerprint density at radius 1 is 1.25 bits per heavy atom. The monoisotopic (exact) mass is 227 g/mol. The Morgan fingerprint density at radius 3 is 2.62 bits per heavy atom. The van der Waals surface area contributed by atoms with E-state index in [0.29, 0.717) is 6.04 Å². The van der Waals surface area contributed by atoms with Crippen molar-refractivity contribution in [3.8, 4) is 0 Å². The molecule has 0 bridgehead atoms. The van der Waals surface area contributed by atoms with Crippen molar-refractivity contribution in [3.05, 3.63) is 0 Å². The van der Waals surface area contributed by atoms with E-state index in [1.165, 1.54) is 32.1 Å². The van der Waals surface area contributed by atoms with Crippen LogP contribution in [0.4, 0.5) is 0 Å². The standard InChI is InChI=1S/C14H29NO/c1-4-10-16-11-14(15-3)13-9-7-6-8-12(13)5-2/h12-15H,4-11H2,1-3H3. The zero-order valence-corrected chi connectivity index (χ0v) is 11.3. The summed E-state index contributed by atoms with van der Waals surface area (Å²) in [6.45, 7) is 6.31. The Kier molecular flexibility index (Phi) is 7.06. The fraction of sp³-hybridized carbons (Fsp3) is 1.00. The maximum atomic E-state index is 5.72. The van der Waals surface area contributed by atoms with Gasteiger partial charge in [0.1, 0.15) is 0 Å². The van der Waals surface area contributed by atoms with Crippen LogP contribution < -0.4 is 5.32 Å². The molecule has 1 aliphatic rings. The first-order chi connectivity index (χ1) is 7.83. The van der Waals surface area contributed by atoms with E-state index in [1.807, 2.05) is 0 Å². The fourth-order valence-electron chi connectivity index (χ4n) is 3.05. The summed E-state index contributed by atoms with van der Waals surface area (Å²) in [5.41, 5.74) is 0. The second kappa shape index (κ2) is 8.08. The van der Waals surface area contributed by atoms with E-state index >= 15 is 0 Å². The van der Waals surface area contributed by atoms with Crippen LogP contribution in [0.25, 0.3) is 0 Å². The van der Waals surface area contributed by atoms with Gasteiger partial charge in [-0.25, -0.2) is 0 Å². The lowest BCUT2D eigenvalue weighted by atomic mass is 9.74. The maximum Gasteiger partial charge on any atom is 0.0622 e. The van der Waals surface area contributed by atoms with E-state index in [2.05, 4.69) is 26.2 Å². The number of ether oxygens (including phenoxy) is 1. The van der Waals surface area contributed by atoms with Crippen LogP contribution in [-0.4, -0.2) is 26.3 Å². The summed E-state index contributed by atoms with van der Waals surface area (Å²) in [5.74, 6) is 1.75. The first kappa shape index (κ1) is 14.0. The molecule has 0 heterocycles. The van der Waals surface area contributed by atoms with E-state index in [9.17, 15) is 0 Å². The van der Waals surface area contributed by atoms with Crippen LogP contribution in [0.15, 0.2) is 0 Å². The molecule has 1 fully saturated rings. The minimum Gasteiger partial charge on any atom is -0.380 e. The highest BCUT2D eigenvalue weighted by Gasteiger charge is 2.29. The van der Waals surface area contributed by atoms with Crippen molar-refractivity contribution < 1.29 is 4.74 Å². The minimum absolute atomic E-state index is 0.566. The molecule has 0 amide bonds. The van der Waals surface area contributed by atoms with Gasteiger partial charge in [-0.05, 0) is 31.7 Å². The molecule has 1 rings (SSSR count). The third-order valence-corrected chi connectivity index (χ3v) is 4.03. The molecule has 16 heavy (non-hydrogen) atoms. The van der Waals surface area contributed by atoms with Crippen molar-refractivity contribution >= 4 is 0 Å². The highest BCUT2D eigenvalue weighted by atomic mass is 16.5. The molecule has 0 aliphatic heterocycles. The molecule has 3 unspecified atom stereocenters. The quantitative estimate of drug-likeness (QED) is 0.674. The molecular weight excluding hydrogens is 198 g/mol. The third-order valence-electron chi connectivity index (χ3n) is 4.03. The molecule has 1 saturated carbocycles. The van der Waals surface area contributed by atoms with Crippen LogP contribution in [0, 0.1) is 11.8 Å². The summed E-state index contributed by atoms with van der Waals surface area (Å²) in [6.07, 6.45) is 8.11. The van der Waals surface area contributed by atoms with Crippen LogP contribution in [0.2, 0.25) is 0 Å². The van der Waals surface area contributed by atoms with Crippen molar-refractivity contribution in [1.29, 1.82) is 0 Å². The van der Waals surface area contributed by atoms with Crippen molar-refractivity contribution in [3.63, 3.8) is 0 Å². The Balaban J connectivity index is 2.41. The van der Waals surface area contributed by atoms with Gasteiger partial charge in [0, 0.05) is 12.6 Å². The summed E-state index contributed by atoms with van der Waals surface area (Å²) < 4.78 is 5.72. The molecule has 0 spiro atoms. The SMILES string of the molecule is CCCOCC(NC)C1CCCCC1CC. The van der Waals surface area contributed by atoms with Gasteiger partial charge in [-0.3, -0.25) is 0 Å². The van der Waals surface area contributed by atoms with E-state index in [-0.39, 0.29) is 0 Å². The van der Waals surface area contributed by atoms with Gasteiger partial charge in [0.2, 0.25) is 0 Å². The average Bonchev–Trinajstić information content (AvgIpc) is 2.35. The zero-order valence-electron chi connectivity index (χ0n) is 11.3. The summed E-state index contributed by atoms with van der Waals surface area (Å²) >= 11 is 0. The molecule has 2 heteroatoms. The first-order valence-corrected chi connectivity index (χ1v) is 7.08. The number of nitrogens with one attached hydrogen (secondary N) is 1. The molecule has 3 atom stereocenters. The highest BCUT2D eigenvalue weighted by Crippen LogP contribution is 2.34. The lowest BCUT2D eigenvalue weighted by molar-refractivity contribution is 0.0686. The van der Waals surface area contributed by atoms with Gasteiger partial charge in [0.05, 0.1) is 6.61 Å². The fourth-order valence-corrected chi connectivity index (χ4v) is 3.05. The van der Waals surface area contributed by atoms with Crippen molar-refractivity contribution in [2.75, 3.05) is 20.3 Å². The van der Waals surface area contributed by atoms with Gasteiger partial charge < -0.3 is 10.1 Å². The number of likely N-dealkylation sites (N-methyl/N-ethyl adjacent to an activating group) is 1. The molecular formula is C14H29NO. The largest absolute Gasteiger partial charge is 0.380 e. The molecule has 1 aliphatic carbocycles. The Morgan fingerprint density at radius 2 is 2.00 bits per heavy atom. The van der Waals surface area contributed by atoms with E-state index in [0.717, 1.165) is 31.5 Å². The number of hydrogen-bond donors (Lipinski definition) is 1. The Hall–Kier alpha value is -0.0800. The summed E-state index contributed by atoms with van der Waals surface area (Å²) in [5, 5.41) is 3.47. The number of hydrogen-bond acceptors (Lipinski definition) is 2. The van der Waals surface area contributed by atoms with Crippen LogP contribution in [-0.2, 0) is 4.74 Å². The molecule has 1 N–H and O–H groups in total. The van der Waals surface area contributed by atoms with Crippen molar-refractivity contribution in [1.82, 2.24) is 5.32 Å². The van der Waals surface area contributed by atoms with Crippen LogP contribution in [0.1, 0.15) is 52.4 Å². The predicted molar refractivity (Wildman–Crippen MR) is 69.7 cm³/mol. The summed E-state index contributed by atoms with van der Waals surface area (Å²) in [6, 6.07) is 0.566. The molecule has 0 saturated heterocycles. The summed E-state index contributed by atoms with van der Waals surface area (Å²) in [7, 11) is 2.08. The molecule has 2 nitrogen and oxygen atoms in total. The van der Waals surface area contributed by atoms with E-state index in [4.69, 9.17) is 4.74 Å². The summed E-state index contributed by atoms with van der Waals surface area (Å²) in [4.78, 5) is 0. The Labute approximate surface area is 101 Å². The molecule has 0 radical (unpaired) electrons. The smallest absolute Gasteiger partial charge is 0.0622 e. The molecule has 0 aromatic heterocycles. The van der Waals surface area contributed by atoms with E-state index in [1.54, 1.807) is 0 Å². The maximum absolute atomic E-state index is 5.72. The normalized spacial score (nSPS) is 27.9. The second-order valence-electron chi connectivity index (χ2n) is 5.09. The van der Waals surface area contributed by atoms with Gasteiger partial charge in [-0.15, -0.1) is 0 Å². The van der Waals surface area contributed by atoms with Crippen LogP contribution in [0.5, 0.6) is 0 Å². The highest BCUT2D eigenvalue weighted by molar-refractivity contribution is 4.83. The van der Waals surface area contributed by atoms with Crippen LogP contribution >= 0.6 is 0 Å². The van der Waals surface area contributed by atoms with Gasteiger partial charge in [0.25, 0.3) is 0 Å².